The number of nitrogens with zero attached hydrogens (tertiary/aromatic N) is 6. The first-order chi connectivity index (χ1) is 18.6. The summed E-state index contributed by atoms with van der Waals surface area (Å²) < 4.78 is 7.72. The first-order valence-electron chi connectivity index (χ1n) is 13.1. The third-order valence-corrected chi connectivity index (χ3v) is 7.61. The summed E-state index contributed by atoms with van der Waals surface area (Å²) in [7, 11) is 0. The van der Waals surface area contributed by atoms with E-state index in [4.69, 9.17) is 4.42 Å². The maximum atomic E-state index is 13.8. The molecule has 9 heteroatoms. The molecule has 1 fully saturated rings. The number of nitrogens with one attached hydrogen (secondary N) is 1. The summed E-state index contributed by atoms with van der Waals surface area (Å²) in [6.07, 6.45) is 9.63. The predicted octanol–water partition coefficient (Wildman–Crippen LogP) is 5.03. The van der Waals surface area contributed by atoms with Gasteiger partial charge in [-0.25, -0.2) is 4.68 Å². The molecule has 194 valence electrons. The van der Waals surface area contributed by atoms with Crippen LogP contribution >= 0.6 is 0 Å². The Balaban J connectivity index is 1.56. The van der Waals surface area contributed by atoms with Gasteiger partial charge in [-0.3, -0.25) is 14.7 Å². The van der Waals surface area contributed by atoms with E-state index in [2.05, 4.69) is 43.4 Å². The third-order valence-electron chi connectivity index (χ3n) is 7.61. The van der Waals surface area contributed by atoms with Gasteiger partial charge in [0.2, 0.25) is 0 Å². The lowest BCUT2D eigenvalue weighted by Gasteiger charge is -2.31. The number of aromatic nitrogens is 6. The normalized spacial score (nSPS) is 15.0. The first-order valence-corrected chi connectivity index (χ1v) is 13.1. The minimum absolute atomic E-state index is 0.146. The Hall–Kier alpha value is -4.11. The summed E-state index contributed by atoms with van der Waals surface area (Å²) in [6, 6.07) is 13.6. The van der Waals surface area contributed by atoms with Gasteiger partial charge in [0.25, 0.3) is 5.56 Å². The Morgan fingerprint density at radius 3 is 2.71 bits per heavy atom. The van der Waals surface area contributed by atoms with Crippen LogP contribution in [-0.4, -0.2) is 35.1 Å². The number of pyridine rings is 2. The molecule has 1 aromatic carbocycles. The van der Waals surface area contributed by atoms with Gasteiger partial charge in [-0.1, -0.05) is 31.0 Å². The number of H-pyrrole nitrogens is 1. The summed E-state index contributed by atoms with van der Waals surface area (Å²) in [6.45, 7) is 5.08. The Morgan fingerprint density at radius 1 is 1.11 bits per heavy atom. The van der Waals surface area contributed by atoms with Crippen LogP contribution in [0.3, 0.4) is 0 Å². The number of fused-ring (bicyclic) bond motifs is 1. The average Bonchev–Trinajstić information content (AvgIpc) is 3.71. The van der Waals surface area contributed by atoms with Crippen LogP contribution in [0, 0.1) is 13.8 Å². The Morgan fingerprint density at radius 2 is 1.95 bits per heavy atom. The zero-order valence-corrected chi connectivity index (χ0v) is 21.7. The zero-order valence-electron chi connectivity index (χ0n) is 21.7. The Labute approximate surface area is 220 Å². The van der Waals surface area contributed by atoms with Crippen molar-refractivity contribution in [2.45, 2.75) is 64.7 Å². The van der Waals surface area contributed by atoms with Crippen molar-refractivity contribution in [3.05, 3.63) is 105 Å². The summed E-state index contributed by atoms with van der Waals surface area (Å²) in [5, 5.41) is 14.1. The van der Waals surface area contributed by atoms with Crippen LogP contribution in [-0.2, 0) is 13.1 Å². The number of hydrogen-bond donors (Lipinski definition) is 1. The van der Waals surface area contributed by atoms with Gasteiger partial charge < -0.3 is 9.40 Å². The van der Waals surface area contributed by atoms with Crippen molar-refractivity contribution in [2.75, 3.05) is 0 Å². The van der Waals surface area contributed by atoms with Crippen molar-refractivity contribution in [3.8, 4) is 0 Å². The quantitative estimate of drug-likeness (QED) is 0.313. The molecule has 1 aliphatic carbocycles. The molecule has 9 nitrogen and oxygen atoms in total. The molecule has 4 heterocycles. The van der Waals surface area contributed by atoms with E-state index >= 15 is 0 Å². The van der Waals surface area contributed by atoms with Gasteiger partial charge in [-0.15, -0.1) is 5.10 Å². The molecule has 6 rings (SSSR count). The van der Waals surface area contributed by atoms with Gasteiger partial charge in [0.15, 0.2) is 5.82 Å². The van der Waals surface area contributed by atoms with Crippen LogP contribution in [0.25, 0.3) is 10.9 Å². The molecular weight excluding hydrogens is 478 g/mol. The van der Waals surface area contributed by atoms with Crippen molar-refractivity contribution < 1.29 is 4.42 Å². The van der Waals surface area contributed by atoms with E-state index in [0.29, 0.717) is 24.5 Å². The third kappa shape index (κ3) is 4.65. The number of aryl methyl sites for hydroxylation is 2. The van der Waals surface area contributed by atoms with Crippen LogP contribution in [0.5, 0.6) is 0 Å². The van der Waals surface area contributed by atoms with Crippen molar-refractivity contribution in [2.24, 2.45) is 0 Å². The highest BCUT2D eigenvalue weighted by atomic mass is 16.3. The maximum Gasteiger partial charge on any atom is 0.253 e. The number of benzene rings is 1. The molecule has 0 amide bonds. The number of tetrazole rings is 1. The molecule has 1 atom stereocenters. The maximum absolute atomic E-state index is 13.8. The van der Waals surface area contributed by atoms with E-state index in [-0.39, 0.29) is 11.6 Å². The van der Waals surface area contributed by atoms with Gasteiger partial charge in [0.1, 0.15) is 11.8 Å². The predicted molar refractivity (Wildman–Crippen MR) is 143 cm³/mol. The molecule has 38 heavy (non-hydrogen) atoms. The second kappa shape index (κ2) is 10.3. The van der Waals surface area contributed by atoms with Crippen LogP contribution < -0.4 is 5.56 Å². The minimum Gasteiger partial charge on any atom is -0.468 e. The molecule has 1 N–H and O–H groups in total. The monoisotopic (exact) mass is 509 g/mol. The van der Waals surface area contributed by atoms with Crippen LogP contribution in [0.2, 0.25) is 0 Å². The lowest BCUT2D eigenvalue weighted by Crippen LogP contribution is -2.35. The highest BCUT2D eigenvalue weighted by Gasteiger charge is 2.34. The Kier molecular flexibility index (Phi) is 6.59. The molecule has 5 aromatic rings. The Bertz CT molecular complexity index is 1580. The van der Waals surface area contributed by atoms with E-state index in [9.17, 15) is 4.79 Å². The molecule has 0 unspecified atom stereocenters. The highest BCUT2D eigenvalue weighted by Crippen LogP contribution is 2.35. The lowest BCUT2D eigenvalue weighted by atomic mass is 9.98. The SMILES string of the molecule is Cc1ccc(C)c2[nH]c(=O)c([C@H](c3nnnn3C3CCCC3)N(Cc3cccnc3)Cc3ccco3)cc12. The number of aromatic amines is 1. The highest BCUT2D eigenvalue weighted by molar-refractivity contribution is 5.85. The topological polar surface area (TPSA) is 106 Å². The lowest BCUT2D eigenvalue weighted by molar-refractivity contribution is 0.176. The molecule has 1 saturated carbocycles. The van der Waals surface area contributed by atoms with Gasteiger partial charge >= 0.3 is 0 Å². The van der Waals surface area contributed by atoms with Crippen LogP contribution in [0.4, 0.5) is 0 Å². The second-order valence-corrected chi connectivity index (χ2v) is 10.2. The molecule has 0 spiro atoms. The standard InChI is InChI=1S/C29H31N7O2/c1-19-11-12-20(2)26-24(19)15-25(29(37)31-26)27(28-32-33-34-36(28)22-8-3-4-9-22)35(18-23-10-6-14-38-23)17-21-7-5-13-30-16-21/h5-7,10-16,22,27H,3-4,8-9,17-18H2,1-2H3,(H,31,37)/t27-/m1/s1. The molecule has 1 aliphatic rings. The summed E-state index contributed by atoms with van der Waals surface area (Å²) >= 11 is 0. The number of rotatable bonds is 8. The van der Waals surface area contributed by atoms with E-state index in [1.165, 1.54) is 0 Å². The summed E-state index contributed by atoms with van der Waals surface area (Å²) in [5.41, 5.74) is 4.47. The fourth-order valence-electron chi connectivity index (χ4n) is 5.65. The summed E-state index contributed by atoms with van der Waals surface area (Å²) in [4.78, 5) is 23.5. The molecule has 0 aliphatic heterocycles. The number of hydrogen-bond acceptors (Lipinski definition) is 7. The smallest absolute Gasteiger partial charge is 0.253 e. The summed E-state index contributed by atoms with van der Waals surface area (Å²) in [5.74, 6) is 1.46. The fourth-order valence-corrected chi connectivity index (χ4v) is 5.65. The van der Waals surface area contributed by atoms with E-state index in [1.54, 1.807) is 12.5 Å². The average molecular weight is 510 g/mol. The van der Waals surface area contributed by atoms with Crippen molar-refractivity contribution in [3.63, 3.8) is 0 Å². The largest absolute Gasteiger partial charge is 0.468 e. The van der Waals surface area contributed by atoms with Gasteiger partial charge in [-0.2, -0.15) is 0 Å². The fraction of sp³-hybridized carbons (Fsp3) is 0.345. The second-order valence-electron chi connectivity index (χ2n) is 10.2. The van der Waals surface area contributed by atoms with Crippen LogP contribution in [0.15, 0.2) is 70.3 Å². The minimum atomic E-state index is -0.510. The van der Waals surface area contributed by atoms with Crippen molar-refractivity contribution >= 4 is 10.9 Å². The van der Waals surface area contributed by atoms with Crippen LogP contribution in [0.1, 0.15) is 71.6 Å². The molecular formula is C29H31N7O2. The molecule has 0 radical (unpaired) electrons. The van der Waals surface area contributed by atoms with E-state index < -0.39 is 6.04 Å². The van der Waals surface area contributed by atoms with Gasteiger partial charge in [0, 0.05) is 29.9 Å². The van der Waals surface area contributed by atoms with E-state index in [0.717, 1.165) is 59.0 Å². The number of furan rings is 1. The first kappa shape index (κ1) is 24.2. The molecule has 4 aromatic heterocycles. The van der Waals surface area contributed by atoms with Gasteiger partial charge in [-0.05, 0) is 78.1 Å². The van der Waals surface area contributed by atoms with Crippen molar-refractivity contribution in [1.82, 2.24) is 35.1 Å². The van der Waals surface area contributed by atoms with E-state index in [1.807, 2.05) is 54.2 Å². The molecule has 0 bridgehead atoms. The van der Waals surface area contributed by atoms with Crippen molar-refractivity contribution in [1.29, 1.82) is 0 Å². The van der Waals surface area contributed by atoms with Gasteiger partial charge in [0.05, 0.1) is 24.4 Å². The zero-order chi connectivity index (χ0) is 26.1. The molecule has 0 saturated heterocycles.